The lowest BCUT2D eigenvalue weighted by atomic mass is 10.0. The van der Waals surface area contributed by atoms with Gasteiger partial charge >= 0.3 is 0 Å². The molecule has 184 valence electrons. The van der Waals surface area contributed by atoms with Crippen LogP contribution in [0.5, 0.6) is 0 Å². The minimum absolute atomic E-state index is 0.0245. The lowest BCUT2D eigenvalue weighted by Crippen LogP contribution is -2.52. The first-order valence-corrected chi connectivity index (χ1v) is 12.7. The first kappa shape index (κ1) is 26.5. The Balaban J connectivity index is 1.90. The highest BCUT2D eigenvalue weighted by Gasteiger charge is 2.30. The van der Waals surface area contributed by atoms with Crippen molar-refractivity contribution >= 4 is 23.4 Å². The summed E-state index contributed by atoms with van der Waals surface area (Å²) in [5, 5.41) is 3.71. The van der Waals surface area contributed by atoms with Gasteiger partial charge in [0, 0.05) is 30.5 Å². The van der Waals surface area contributed by atoms with Crippen LogP contribution in [0.25, 0.3) is 0 Å². The molecule has 0 radical (unpaired) electrons. The molecule has 0 saturated heterocycles. The van der Waals surface area contributed by atoms with Crippen molar-refractivity contribution in [2.45, 2.75) is 65.1 Å². The van der Waals surface area contributed by atoms with Gasteiger partial charge in [-0.25, -0.2) is 0 Å². The average molecular weight is 491 g/mol. The first-order chi connectivity index (χ1) is 16.9. The molecule has 0 aromatic heterocycles. The standard InChI is InChI=1S/C30H35ClN2O2/c1-4-23(3)32-30(35)28(20-25-9-6-5-7-10-25)33(21-26-11-8-12-27(31)19-26)29(34)18-17-24-15-13-22(2)14-16-24/h5-16,19,23,28H,4,17-18,20-21H2,1-3H3,(H,32,35)/t23-,28-/m0/s1. The summed E-state index contributed by atoms with van der Waals surface area (Å²) >= 11 is 6.24. The molecule has 2 atom stereocenters. The van der Waals surface area contributed by atoms with Gasteiger partial charge in [-0.3, -0.25) is 9.59 Å². The largest absolute Gasteiger partial charge is 0.352 e. The van der Waals surface area contributed by atoms with Crippen LogP contribution in [-0.4, -0.2) is 28.8 Å². The van der Waals surface area contributed by atoms with E-state index in [2.05, 4.69) is 29.6 Å². The van der Waals surface area contributed by atoms with Gasteiger partial charge in [-0.2, -0.15) is 0 Å². The number of nitrogens with zero attached hydrogens (tertiary/aromatic N) is 1. The number of amides is 2. The fourth-order valence-electron chi connectivity index (χ4n) is 3.98. The summed E-state index contributed by atoms with van der Waals surface area (Å²) < 4.78 is 0. The molecule has 0 heterocycles. The van der Waals surface area contributed by atoms with Crippen LogP contribution in [0.1, 0.15) is 48.9 Å². The molecule has 0 saturated carbocycles. The van der Waals surface area contributed by atoms with Gasteiger partial charge in [0.15, 0.2) is 0 Å². The molecule has 5 heteroatoms. The number of rotatable bonds is 11. The van der Waals surface area contributed by atoms with E-state index in [-0.39, 0.29) is 17.9 Å². The van der Waals surface area contributed by atoms with Crippen LogP contribution in [0.4, 0.5) is 0 Å². The third-order valence-electron chi connectivity index (χ3n) is 6.26. The maximum atomic E-state index is 13.7. The van der Waals surface area contributed by atoms with Gasteiger partial charge in [-0.15, -0.1) is 0 Å². The van der Waals surface area contributed by atoms with Crippen LogP contribution in [0.2, 0.25) is 5.02 Å². The summed E-state index contributed by atoms with van der Waals surface area (Å²) in [5.41, 5.74) is 4.21. The number of halogens is 1. The Kier molecular flexibility index (Phi) is 9.92. The number of nitrogens with one attached hydrogen (secondary N) is 1. The summed E-state index contributed by atoms with van der Waals surface area (Å²) in [6.45, 7) is 6.38. The van der Waals surface area contributed by atoms with Crippen LogP contribution < -0.4 is 5.32 Å². The summed E-state index contributed by atoms with van der Waals surface area (Å²) in [6, 6.07) is 25.0. The second kappa shape index (κ2) is 13.1. The molecule has 0 aliphatic rings. The van der Waals surface area contributed by atoms with Crippen molar-refractivity contribution in [1.82, 2.24) is 10.2 Å². The van der Waals surface area contributed by atoms with Crippen molar-refractivity contribution in [3.8, 4) is 0 Å². The average Bonchev–Trinajstić information content (AvgIpc) is 2.86. The fourth-order valence-corrected chi connectivity index (χ4v) is 4.19. The third kappa shape index (κ3) is 8.25. The molecule has 4 nitrogen and oxygen atoms in total. The van der Waals surface area contributed by atoms with Crippen molar-refractivity contribution < 1.29 is 9.59 Å². The minimum Gasteiger partial charge on any atom is -0.352 e. The highest BCUT2D eigenvalue weighted by Crippen LogP contribution is 2.19. The Bertz CT molecular complexity index is 1100. The van der Waals surface area contributed by atoms with Crippen LogP contribution in [-0.2, 0) is 29.0 Å². The minimum atomic E-state index is -0.629. The van der Waals surface area contributed by atoms with Crippen LogP contribution in [0, 0.1) is 6.92 Å². The molecule has 0 spiro atoms. The van der Waals surface area contributed by atoms with E-state index in [4.69, 9.17) is 11.6 Å². The first-order valence-electron chi connectivity index (χ1n) is 12.3. The predicted molar refractivity (Wildman–Crippen MR) is 143 cm³/mol. The maximum Gasteiger partial charge on any atom is 0.243 e. The Morgan fingerprint density at radius 3 is 2.26 bits per heavy atom. The van der Waals surface area contributed by atoms with Crippen molar-refractivity contribution in [2.75, 3.05) is 0 Å². The zero-order chi connectivity index (χ0) is 25.2. The highest BCUT2D eigenvalue weighted by molar-refractivity contribution is 6.30. The Hall–Kier alpha value is -3.11. The van der Waals surface area contributed by atoms with Crippen LogP contribution >= 0.6 is 11.6 Å². The highest BCUT2D eigenvalue weighted by atomic mass is 35.5. The lowest BCUT2D eigenvalue weighted by Gasteiger charge is -2.32. The number of carbonyl (C=O) groups excluding carboxylic acids is 2. The summed E-state index contributed by atoms with van der Waals surface area (Å²) in [5.74, 6) is -0.181. The second-order valence-electron chi connectivity index (χ2n) is 9.16. The summed E-state index contributed by atoms with van der Waals surface area (Å²) in [6.07, 6.45) is 2.21. The van der Waals surface area contributed by atoms with Gasteiger partial charge in [0.05, 0.1) is 0 Å². The molecule has 0 aliphatic heterocycles. The van der Waals surface area contributed by atoms with E-state index in [0.717, 1.165) is 23.1 Å². The van der Waals surface area contributed by atoms with E-state index in [1.807, 2.05) is 75.4 Å². The lowest BCUT2D eigenvalue weighted by molar-refractivity contribution is -0.141. The van der Waals surface area contributed by atoms with Gasteiger partial charge in [0.2, 0.25) is 11.8 Å². The number of hydrogen-bond donors (Lipinski definition) is 1. The smallest absolute Gasteiger partial charge is 0.243 e. The van der Waals surface area contributed by atoms with Crippen LogP contribution in [0.15, 0.2) is 78.9 Å². The van der Waals surface area contributed by atoms with Gasteiger partial charge in [0.25, 0.3) is 0 Å². The van der Waals surface area contributed by atoms with E-state index >= 15 is 0 Å². The Morgan fingerprint density at radius 1 is 0.914 bits per heavy atom. The van der Waals surface area contributed by atoms with Crippen molar-refractivity contribution in [3.63, 3.8) is 0 Å². The normalized spacial score (nSPS) is 12.6. The van der Waals surface area contributed by atoms with Crippen molar-refractivity contribution in [3.05, 3.63) is 106 Å². The van der Waals surface area contributed by atoms with Crippen molar-refractivity contribution in [1.29, 1.82) is 0 Å². The fraction of sp³-hybridized carbons (Fsp3) is 0.333. The van der Waals surface area contributed by atoms with E-state index in [1.165, 1.54) is 5.56 Å². The molecule has 35 heavy (non-hydrogen) atoms. The molecule has 2 amide bonds. The molecular formula is C30H35ClN2O2. The zero-order valence-electron chi connectivity index (χ0n) is 20.8. The molecule has 3 aromatic rings. The topological polar surface area (TPSA) is 49.4 Å². The SMILES string of the molecule is CC[C@H](C)NC(=O)[C@H](Cc1ccccc1)N(Cc1cccc(Cl)c1)C(=O)CCc1ccc(C)cc1. The zero-order valence-corrected chi connectivity index (χ0v) is 21.6. The molecule has 1 N–H and O–H groups in total. The van der Waals surface area contributed by atoms with Gasteiger partial charge in [-0.1, -0.05) is 90.8 Å². The number of aryl methyl sites for hydroxylation is 2. The molecule has 0 bridgehead atoms. The van der Waals surface area contributed by atoms with E-state index in [0.29, 0.717) is 30.8 Å². The summed E-state index contributed by atoms with van der Waals surface area (Å²) in [4.78, 5) is 28.9. The predicted octanol–water partition coefficient (Wildman–Crippen LogP) is 6.14. The molecular weight excluding hydrogens is 456 g/mol. The third-order valence-corrected chi connectivity index (χ3v) is 6.50. The van der Waals surface area contributed by atoms with E-state index < -0.39 is 6.04 Å². The summed E-state index contributed by atoms with van der Waals surface area (Å²) in [7, 11) is 0. The number of carbonyl (C=O) groups is 2. The molecule has 0 aliphatic carbocycles. The van der Waals surface area contributed by atoms with Crippen LogP contribution in [0.3, 0.4) is 0 Å². The van der Waals surface area contributed by atoms with E-state index in [1.54, 1.807) is 4.90 Å². The number of hydrogen-bond acceptors (Lipinski definition) is 2. The van der Waals surface area contributed by atoms with Crippen molar-refractivity contribution in [2.24, 2.45) is 0 Å². The monoisotopic (exact) mass is 490 g/mol. The molecule has 0 fully saturated rings. The molecule has 3 aromatic carbocycles. The Labute approximate surface area is 214 Å². The van der Waals surface area contributed by atoms with Gasteiger partial charge < -0.3 is 10.2 Å². The van der Waals surface area contributed by atoms with Gasteiger partial charge in [-0.05, 0) is 55.5 Å². The second-order valence-corrected chi connectivity index (χ2v) is 9.60. The Morgan fingerprint density at radius 2 is 1.60 bits per heavy atom. The molecule has 0 unspecified atom stereocenters. The van der Waals surface area contributed by atoms with E-state index in [9.17, 15) is 9.59 Å². The molecule has 3 rings (SSSR count). The van der Waals surface area contributed by atoms with Gasteiger partial charge in [0.1, 0.15) is 6.04 Å². The number of benzene rings is 3. The maximum absolute atomic E-state index is 13.7. The quantitative estimate of drug-likeness (QED) is 0.351.